The second-order valence-electron chi connectivity index (χ2n) is 2.90. The third kappa shape index (κ3) is 6.43. The molecule has 6 nitrogen and oxygen atoms in total. The topological polar surface area (TPSA) is 81.7 Å². The van der Waals surface area contributed by atoms with Gasteiger partial charge >= 0.3 is 5.97 Å². The van der Waals surface area contributed by atoms with Gasteiger partial charge in [0.2, 0.25) is 10.0 Å². The molecule has 0 bridgehead atoms. The van der Waals surface area contributed by atoms with Crippen molar-refractivity contribution in [3.05, 3.63) is 0 Å². The Morgan fingerprint density at radius 1 is 1.47 bits per heavy atom. The lowest BCUT2D eigenvalue weighted by molar-refractivity contribution is -0.144. The smallest absolute Gasteiger partial charge is 0.323 e. The van der Waals surface area contributed by atoms with E-state index in [0.29, 0.717) is 0 Å². The van der Waals surface area contributed by atoms with Gasteiger partial charge in [-0.2, -0.15) is 0 Å². The molecule has 0 heterocycles. The van der Waals surface area contributed by atoms with Crippen LogP contribution in [-0.2, 0) is 24.3 Å². The third-order valence-corrected chi connectivity index (χ3v) is 2.97. The molecule has 0 aromatic rings. The largest absolute Gasteiger partial charge is 0.465 e. The minimum Gasteiger partial charge on any atom is -0.465 e. The van der Waals surface area contributed by atoms with E-state index in [9.17, 15) is 13.2 Å². The zero-order chi connectivity index (χ0) is 11.9. The Hall–Kier alpha value is -0.660. The average molecular weight is 239 g/mol. The Labute approximate surface area is 90.0 Å². The van der Waals surface area contributed by atoms with Gasteiger partial charge in [0.25, 0.3) is 0 Å². The fourth-order valence-electron chi connectivity index (χ4n) is 0.837. The highest BCUT2D eigenvalue weighted by Gasteiger charge is 2.20. The second-order valence-corrected chi connectivity index (χ2v) is 4.78. The van der Waals surface area contributed by atoms with Crippen molar-refractivity contribution < 1.29 is 22.7 Å². The molecule has 15 heavy (non-hydrogen) atoms. The number of carbonyl (C=O) groups is 1. The average Bonchev–Trinajstić information content (AvgIpc) is 2.14. The van der Waals surface area contributed by atoms with Crippen LogP contribution in [0.5, 0.6) is 0 Å². The molecule has 0 aromatic heterocycles. The van der Waals surface area contributed by atoms with Gasteiger partial charge in [-0.25, -0.2) is 13.1 Å². The van der Waals surface area contributed by atoms with Crippen LogP contribution >= 0.6 is 0 Å². The van der Waals surface area contributed by atoms with Gasteiger partial charge in [-0.15, -0.1) is 0 Å². The molecule has 0 aliphatic carbocycles. The Kier molecular flexibility index (Phi) is 6.46. The predicted octanol–water partition coefficient (Wildman–Crippen LogP) is -0.496. The molecular formula is C8H17NO5S. The summed E-state index contributed by atoms with van der Waals surface area (Å²) >= 11 is 0. The van der Waals surface area contributed by atoms with Crippen LogP contribution in [-0.4, -0.2) is 46.5 Å². The van der Waals surface area contributed by atoms with Crippen molar-refractivity contribution >= 4 is 16.0 Å². The van der Waals surface area contributed by atoms with Crippen molar-refractivity contribution in [3.8, 4) is 0 Å². The van der Waals surface area contributed by atoms with Gasteiger partial charge in [0.05, 0.1) is 19.0 Å². The summed E-state index contributed by atoms with van der Waals surface area (Å²) < 4.78 is 34.1. The van der Waals surface area contributed by atoms with Gasteiger partial charge in [0.1, 0.15) is 6.04 Å². The highest BCUT2D eigenvalue weighted by atomic mass is 32.2. The Balaban J connectivity index is 4.15. The fourth-order valence-corrected chi connectivity index (χ4v) is 1.98. The summed E-state index contributed by atoms with van der Waals surface area (Å²) in [5.74, 6) is -0.758. The highest BCUT2D eigenvalue weighted by molar-refractivity contribution is 7.89. The number of esters is 1. The Morgan fingerprint density at radius 3 is 2.53 bits per heavy atom. The van der Waals surface area contributed by atoms with Crippen molar-refractivity contribution in [2.24, 2.45) is 0 Å². The van der Waals surface area contributed by atoms with Gasteiger partial charge in [-0.1, -0.05) is 0 Å². The van der Waals surface area contributed by atoms with Crippen molar-refractivity contribution in [1.82, 2.24) is 4.72 Å². The lowest BCUT2D eigenvalue weighted by Crippen LogP contribution is -2.41. The molecule has 0 rings (SSSR count). The van der Waals surface area contributed by atoms with E-state index in [-0.39, 0.29) is 19.0 Å². The number of ether oxygens (including phenoxy) is 2. The molecule has 1 atom stereocenters. The summed E-state index contributed by atoms with van der Waals surface area (Å²) in [7, 11) is -2.08. The fraction of sp³-hybridized carbons (Fsp3) is 0.875. The Bertz CT molecular complexity index is 287. The second kappa shape index (κ2) is 6.76. The zero-order valence-corrected chi connectivity index (χ0v) is 9.96. The van der Waals surface area contributed by atoms with E-state index >= 15 is 0 Å². The summed E-state index contributed by atoms with van der Waals surface area (Å²) in [6.45, 7) is 3.40. The lowest BCUT2D eigenvalue weighted by Gasteiger charge is -2.12. The number of hydrogen-bond acceptors (Lipinski definition) is 5. The zero-order valence-electron chi connectivity index (χ0n) is 9.15. The van der Waals surface area contributed by atoms with Gasteiger partial charge < -0.3 is 9.47 Å². The van der Waals surface area contributed by atoms with Gasteiger partial charge in [-0.05, 0) is 13.8 Å². The molecule has 0 amide bonds. The number of hydrogen-bond donors (Lipinski definition) is 1. The van der Waals surface area contributed by atoms with Crippen LogP contribution in [0.2, 0.25) is 0 Å². The van der Waals surface area contributed by atoms with Crippen LogP contribution in [0.15, 0.2) is 0 Å². The highest BCUT2D eigenvalue weighted by Crippen LogP contribution is 1.93. The molecule has 0 radical (unpaired) electrons. The van der Waals surface area contributed by atoms with Crippen molar-refractivity contribution in [1.29, 1.82) is 0 Å². The molecule has 0 aliphatic rings. The van der Waals surface area contributed by atoms with Crippen LogP contribution < -0.4 is 4.72 Å². The van der Waals surface area contributed by atoms with E-state index < -0.39 is 22.0 Å². The van der Waals surface area contributed by atoms with E-state index in [0.717, 1.165) is 0 Å². The summed E-state index contributed by atoms with van der Waals surface area (Å²) in [5, 5.41) is 0. The molecule has 1 unspecified atom stereocenters. The minimum absolute atomic E-state index is 0.0882. The van der Waals surface area contributed by atoms with Crippen LogP contribution in [0.25, 0.3) is 0 Å². The number of methoxy groups -OCH3 is 1. The van der Waals surface area contributed by atoms with Crippen LogP contribution in [0.1, 0.15) is 13.8 Å². The number of rotatable bonds is 7. The summed E-state index contributed by atoms with van der Waals surface area (Å²) in [4.78, 5) is 11.1. The summed E-state index contributed by atoms with van der Waals surface area (Å²) in [6.07, 6.45) is 0. The summed E-state index contributed by atoms with van der Waals surface area (Å²) in [5.41, 5.74) is 0. The molecule has 7 heteroatoms. The van der Waals surface area contributed by atoms with E-state index in [1.165, 1.54) is 14.0 Å². The Morgan fingerprint density at radius 2 is 2.07 bits per heavy atom. The molecular weight excluding hydrogens is 222 g/mol. The first-order chi connectivity index (χ1) is 6.93. The quantitative estimate of drug-likeness (QED) is 0.606. The van der Waals surface area contributed by atoms with E-state index in [1.807, 2.05) is 0 Å². The molecule has 0 spiro atoms. The van der Waals surface area contributed by atoms with Crippen molar-refractivity contribution in [2.75, 3.05) is 26.1 Å². The third-order valence-electron chi connectivity index (χ3n) is 1.55. The van der Waals surface area contributed by atoms with Crippen molar-refractivity contribution in [3.63, 3.8) is 0 Å². The van der Waals surface area contributed by atoms with Crippen LogP contribution in [0, 0.1) is 0 Å². The predicted molar refractivity (Wildman–Crippen MR) is 54.9 cm³/mol. The van der Waals surface area contributed by atoms with Crippen molar-refractivity contribution in [2.45, 2.75) is 19.9 Å². The molecule has 0 aromatic carbocycles. The maximum atomic E-state index is 11.3. The number of sulfonamides is 1. The maximum Gasteiger partial charge on any atom is 0.323 e. The lowest BCUT2D eigenvalue weighted by atomic mass is 10.4. The molecule has 90 valence electrons. The summed E-state index contributed by atoms with van der Waals surface area (Å²) in [6, 6.07) is -0.869. The maximum absolute atomic E-state index is 11.3. The van der Waals surface area contributed by atoms with E-state index in [1.54, 1.807) is 6.92 Å². The first-order valence-electron chi connectivity index (χ1n) is 4.58. The van der Waals surface area contributed by atoms with Gasteiger partial charge in [-0.3, -0.25) is 4.79 Å². The van der Waals surface area contributed by atoms with Gasteiger partial charge in [0.15, 0.2) is 0 Å². The SMILES string of the molecule is CCOC(=O)C(C)NS(=O)(=O)CCOC. The number of nitrogens with one attached hydrogen (secondary N) is 1. The van der Waals surface area contributed by atoms with E-state index in [2.05, 4.69) is 14.2 Å². The first-order valence-corrected chi connectivity index (χ1v) is 6.23. The standard InChI is InChI=1S/C8H17NO5S/c1-4-14-8(10)7(2)9-15(11,12)6-5-13-3/h7,9H,4-6H2,1-3H3. The van der Waals surface area contributed by atoms with Crippen LogP contribution in [0.3, 0.4) is 0 Å². The van der Waals surface area contributed by atoms with Gasteiger partial charge in [0, 0.05) is 7.11 Å². The van der Waals surface area contributed by atoms with Crippen LogP contribution in [0.4, 0.5) is 0 Å². The van der Waals surface area contributed by atoms with E-state index in [4.69, 9.17) is 0 Å². The molecule has 0 saturated heterocycles. The molecule has 0 aliphatic heterocycles. The normalized spacial score (nSPS) is 13.5. The molecule has 0 saturated carbocycles. The minimum atomic E-state index is -3.48. The monoisotopic (exact) mass is 239 g/mol. The molecule has 0 fully saturated rings. The number of carbonyl (C=O) groups excluding carboxylic acids is 1. The first kappa shape index (κ1) is 14.3. The molecule has 1 N–H and O–H groups in total.